The Morgan fingerprint density at radius 1 is 1.41 bits per heavy atom. The predicted molar refractivity (Wildman–Crippen MR) is 86.9 cm³/mol. The van der Waals surface area contributed by atoms with Gasteiger partial charge in [0.1, 0.15) is 0 Å². The monoisotopic (exact) mass is 338 g/mol. The van der Waals surface area contributed by atoms with Crippen molar-refractivity contribution < 1.29 is 14.7 Å². The number of fused-ring (bicyclic) bond motifs is 1. The van der Waals surface area contributed by atoms with Crippen LogP contribution in [0.3, 0.4) is 0 Å². The van der Waals surface area contributed by atoms with Crippen LogP contribution in [0.25, 0.3) is 10.1 Å². The van der Waals surface area contributed by atoms with E-state index < -0.39 is 6.09 Å². The third-order valence-electron chi connectivity index (χ3n) is 3.81. The van der Waals surface area contributed by atoms with E-state index in [0.29, 0.717) is 29.5 Å². The second-order valence-electron chi connectivity index (χ2n) is 5.39. The van der Waals surface area contributed by atoms with Crippen molar-refractivity contribution in [2.24, 2.45) is 5.92 Å². The van der Waals surface area contributed by atoms with E-state index in [1.165, 1.54) is 16.2 Å². The van der Waals surface area contributed by atoms with Gasteiger partial charge in [0.2, 0.25) is 0 Å². The summed E-state index contributed by atoms with van der Waals surface area (Å²) in [5.74, 6) is 0.0648. The van der Waals surface area contributed by atoms with Crippen LogP contribution in [0.1, 0.15) is 16.1 Å². The highest BCUT2D eigenvalue weighted by Crippen LogP contribution is 2.28. The molecule has 1 fully saturated rings. The standard InChI is InChI=1S/C15H15ClN2O3S/c16-11-1-2-12-10(5-11)6-13(22-12)14(19)17-7-9-3-4-18(8-9)15(20)21/h1-2,5-6,9H,3-4,7-8H2,(H,17,19)(H,20,21)/t9-/m0/s1. The molecule has 1 aliphatic heterocycles. The molecule has 116 valence electrons. The molecule has 1 saturated heterocycles. The van der Waals surface area contributed by atoms with Gasteiger partial charge in [-0.1, -0.05) is 11.6 Å². The zero-order valence-electron chi connectivity index (χ0n) is 11.7. The van der Waals surface area contributed by atoms with Gasteiger partial charge in [0, 0.05) is 29.4 Å². The predicted octanol–water partition coefficient (Wildman–Crippen LogP) is 3.28. The molecule has 0 bridgehead atoms. The van der Waals surface area contributed by atoms with Crippen molar-refractivity contribution in [2.45, 2.75) is 6.42 Å². The average Bonchev–Trinajstić information content (AvgIpc) is 3.10. The highest BCUT2D eigenvalue weighted by Gasteiger charge is 2.26. The molecule has 5 nitrogen and oxygen atoms in total. The molecule has 2 amide bonds. The van der Waals surface area contributed by atoms with Crippen LogP contribution < -0.4 is 5.32 Å². The van der Waals surface area contributed by atoms with E-state index in [1.807, 2.05) is 18.2 Å². The highest BCUT2D eigenvalue weighted by atomic mass is 35.5. The molecule has 2 aromatic rings. The lowest BCUT2D eigenvalue weighted by molar-refractivity contribution is 0.0952. The fourth-order valence-electron chi connectivity index (χ4n) is 2.62. The molecule has 2 heterocycles. The first kappa shape index (κ1) is 15.1. The summed E-state index contributed by atoms with van der Waals surface area (Å²) in [6, 6.07) is 7.38. The summed E-state index contributed by atoms with van der Waals surface area (Å²) < 4.78 is 1.02. The number of nitrogens with zero attached hydrogens (tertiary/aromatic N) is 1. The maximum absolute atomic E-state index is 12.2. The molecule has 0 unspecified atom stereocenters. The summed E-state index contributed by atoms with van der Waals surface area (Å²) >= 11 is 7.37. The Morgan fingerprint density at radius 3 is 2.95 bits per heavy atom. The summed E-state index contributed by atoms with van der Waals surface area (Å²) in [6.45, 7) is 1.52. The molecule has 0 radical (unpaired) electrons. The number of carboxylic acid groups (broad SMARTS) is 1. The lowest BCUT2D eigenvalue weighted by atomic mass is 10.1. The average molecular weight is 339 g/mol. The molecule has 0 aliphatic carbocycles. The van der Waals surface area contributed by atoms with E-state index in [2.05, 4.69) is 5.32 Å². The van der Waals surface area contributed by atoms with Crippen LogP contribution in [0.4, 0.5) is 4.79 Å². The molecule has 1 atom stereocenters. The first-order valence-electron chi connectivity index (χ1n) is 6.98. The Kier molecular flexibility index (Phi) is 4.22. The maximum atomic E-state index is 12.2. The Morgan fingerprint density at radius 2 is 2.23 bits per heavy atom. The zero-order valence-corrected chi connectivity index (χ0v) is 13.3. The quantitative estimate of drug-likeness (QED) is 0.902. The van der Waals surface area contributed by atoms with Crippen molar-refractivity contribution in [3.8, 4) is 0 Å². The molecule has 22 heavy (non-hydrogen) atoms. The summed E-state index contributed by atoms with van der Waals surface area (Å²) in [6.07, 6.45) is -0.107. The fourth-order valence-corrected chi connectivity index (χ4v) is 3.76. The molecule has 2 N–H and O–H groups in total. The number of carbonyl (C=O) groups is 2. The largest absolute Gasteiger partial charge is 0.465 e. The maximum Gasteiger partial charge on any atom is 0.407 e. The lowest BCUT2D eigenvalue weighted by Crippen LogP contribution is -2.32. The molecule has 1 aliphatic rings. The third-order valence-corrected chi connectivity index (χ3v) is 5.16. The molecule has 1 aromatic carbocycles. The van der Waals surface area contributed by atoms with Crippen LogP contribution in [-0.2, 0) is 0 Å². The molecular weight excluding hydrogens is 324 g/mol. The number of rotatable bonds is 3. The minimum absolute atomic E-state index is 0.119. The number of halogens is 1. The van der Waals surface area contributed by atoms with E-state index in [-0.39, 0.29) is 11.8 Å². The number of amides is 2. The van der Waals surface area contributed by atoms with E-state index in [4.69, 9.17) is 16.7 Å². The number of likely N-dealkylation sites (tertiary alicyclic amines) is 1. The van der Waals surface area contributed by atoms with Crippen molar-refractivity contribution in [1.29, 1.82) is 0 Å². The minimum Gasteiger partial charge on any atom is -0.465 e. The van der Waals surface area contributed by atoms with E-state index >= 15 is 0 Å². The van der Waals surface area contributed by atoms with Gasteiger partial charge in [0.25, 0.3) is 5.91 Å². The van der Waals surface area contributed by atoms with E-state index in [9.17, 15) is 9.59 Å². The van der Waals surface area contributed by atoms with Crippen LogP contribution in [-0.4, -0.2) is 41.6 Å². The van der Waals surface area contributed by atoms with Gasteiger partial charge >= 0.3 is 6.09 Å². The molecule has 0 spiro atoms. The fraction of sp³-hybridized carbons (Fsp3) is 0.333. The van der Waals surface area contributed by atoms with Crippen LogP contribution in [0.15, 0.2) is 24.3 Å². The highest BCUT2D eigenvalue weighted by molar-refractivity contribution is 7.20. The Hall–Kier alpha value is -1.79. The van der Waals surface area contributed by atoms with Gasteiger partial charge in [0.15, 0.2) is 0 Å². The van der Waals surface area contributed by atoms with Gasteiger partial charge in [-0.2, -0.15) is 0 Å². The van der Waals surface area contributed by atoms with E-state index in [0.717, 1.165) is 16.5 Å². The molecule has 3 rings (SSSR count). The number of carbonyl (C=O) groups excluding carboxylic acids is 1. The number of nitrogens with one attached hydrogen (secondary N) is 1. The Balaban J connectivity index is 1.60. The molecule has 0 saturated carbocycles. The number of hydrogen-bond acceptors (Lipinski definition) is 3. The van der Waals surface area contributed by atoms with Gasteiger partial charge in [-0.3, -0.25) is 4.79 Å². The van der Waals surface area contributed by atoms with Crippen molar-refractivity contribution >= 4 is 45.0 Å². The van der Waals surface area contributed by atoms with Gasteiger partial charge in [-0.15, -0.1) is 11.3 Å². The van der Waals surface area contributed by atoms with Gasteiger partial charge < -0.3 is 15.3 Å². The summed E-state index contributed by atoms with van der Waals surface area (Å²) in [5, 5.41) is 13.4. The van der Waals surface area contributed by atoms with E-state index in [1.54, 1.807) is 6.07 Å². The van der Waals surface area contributed by atoms with Crippen molar-refractivity contribution in [3.05, 3.63) is 34.2 Å². The second kappa shape index (κ2) is 6.14. The smallest absolute Gasteiger partial charge is 0.407 e. The number of hydrogen-bond donors (Lipinski definition) is 2. The van der Waals surface area contributed by atoms with Gasteiger partial charge in [-0.05, 0) is 42.0 Å². The topological polar surface area (TPSA) is 69.6 Å². The third kappa shape index (κ3) is 3.18. The molecular formula is C15H15ClN2O3S. The Bertz CT molecular complexity index is 731. The molecule has 7 heteroatoms. The Labute approximate surface area is 136 Å². The summed E-state index contributed by atoms with van der Waals surface area (Å²) in [5.41, 5.74) is 0. The first-order valence-corrected chi connectivity index (χ1v) is 8.17. The second-order valence-corrected chi connectivity index (χ2v) is 6.91. The lowest BCUT2D eigenvalue weighted by Gasteiger charge is -2.12. The summed E-state index contributed by atoms with van der Waals surface area (Å²) in [7, 11) is 0. The van der Waals surface area contributed by atoms with Crippen molar-refractivity contribution in [3.63, 3.8) is 0 Å². The van der Waals surface area contributed by atoms with Crippen LogP contribution in [0.2, 0.25) is 5.02 Å². The molecule has 1 aromatic heterocycles. The SMILES string of the molecule is O=C(NC[C@@H]1CCN(C(=O)O)C1)c1cc2cc(Cl)ccc2s1. The minimum atomic E-state index is -0.893. The number of thiophene rings is 1. The van der Waals surface area contributed by atoms with Crippen LogP contribution in [0, 0.1) is 5.92 Å². The van der Waals surface area contributed by atoms with Crippen LogP contribution >= 0.6 is 22.9 Å². The first-order chi connectivity index (χ1) is 10.5. The van der Waals surface area contributed by atoms with Crippen molar-refractivity contribution in [1.82, 2.24) is 10.2 Å². The van der Waals surface area contributed by atoms with Gasteiger partial charge in [-0.25, -0.2) is 4.79 Å². The van der Waals surface area contributed by atoms with Gasteiger partial charge in [0.05, 0.1) is 4.88 Å². The number of benzene rings is 1. The normalized spacial score (nSPS) is 17.9. The zero-order chi connectivity index (χ0) is 15.7. The van der Waals surface area contributed by atoms with Crippen LogP contribution in [0.5, 0.6) is 0 Å². The summed E-state index contributed by atoms with van der Waals surface area (Å²) in [4.78, 5) is 25.1. The van der Waals surface area contributed by atoms with Crippen molar-refractivity contribution in [2.75, 3.05) is 19.6 Å².